The van der Waals surface area contributed by atoms with Crippen LogP contribution in [0.3, 0.4) is 0 Å². The zero-order valence-electron chi connectivity index (χ0n) is 8.67. The average molecular weight is 264 g/mol. The van der Waals surface area contributed by atoms with Gasteiger partial charge in [-0.3, -0.25) is 9.59 Å². The molecule has 0 radical (unpaired) electrons. The summed E-state index contributed by atoms with van der Waals surface area (Å²) < 4.78 is 1.11. The van der Waals surface area contributed by atoms with Gasteiger partial charge in [0.25, 0.3) is 5.56 Å². The highest BCUT2D eigenvalue weighted by molar-refractivity contribution is 6.41. The number of aromatic nitrogens is 2. The summed E-state index contributed by atoms with van der Waals surface area (Å²) in [6.07, 6.45) is 1.46. The van der Waals surface area contributed by atoms with Gasteiger partial charge in [0.15, 0.2) is 0 Å². The van der Waals surface area contributed by atoms with Gasteiger partial charge >= 0.3 is 0 Å². The molecule has 0 aliphatic carbocycles. The zero-order chi connectivity index (χ0) is 12.1. The first kappa shape index (κ1) is 13.0. The Morgan fingerprint density at radius 3 is 2.88 bits per heavy atom. The molecule has 0 bridgehead atoms. The highest BCUT2D eigenvalue weighted by atomic mass is 35.5. The number of hydrogen-bond donors (Lipinski definition) is 1. The van der Waals surface area contributed by atoms with E-state index in [0.29, 0.717) is 6.54 Å². The highest BCUT2D eigenvalue weighted by Crippen LogP contribution is 2.14. The Morgan fingerprint density at radius 1 is 1.56 bits per heavy atom. The average Bonchev–Trinajstić information content (AvgIpc) is 2.25. The molecule has 0 aliphatic rings. The Kier molecular flexibility index (Phi) is 4.76. The van der Waals surface area contributed by atoms with Gasteiger partial charge in [-0.25, -0.2) is 4.68 Å². The fourth-order valence-electron chi connectivity index (χ4n) is 1.10. The molecule has 0 unspecified atom stereocenters. The minimum Gasteiger partial charge on any atom is -0.356 e. The minimum atomic E-state index is -0.488. The number of carbonyl (C=O) groups is 1. The Labute approximate surface area is 102 Å². The largest absolute Gasteiger partial charge is 0.356 e. The van der Waals surface area contributed by atoms with Crippen molar-refractivity contribution in [2.45, 2.75) is 19.9 Å². The van der Waals surface area contributed by atoms with Crippen molar-refractivity contribution < 1.29 is 4.79 Å². The molecule has 0 aliphatic heterocycles. The molecular formula is C9H11Cl2N3O2. The first-order valence-electron chi connectivity index (χ1n) is 4.74. The molecule has 0 spiro atoms. The lowest BCUT2D eigenvalue weighted by atomic mass is 10.4. The van der Waals surface area contributed by atoms with Gasteiger partial charge in [-0.2, -0.15) is 5.10 Å². The van der Waals surface area contributed by atoms with Crippen LogP contribution in [0.1, 0.15) is 13.3 Å². The summed E-state index contributed by atoms with van der Waals surface area (Å²) in [6, 6.07) is 0. The summed E-state index contributed by atoms with van der Waals surface area (Å²) in [5, 5.41) is 6.43. The van der Waals surface area contributed by atoms with Crippen molar-refractivity contribution in [1.29, 1.82) is 0 Å². The Balaban J connectivity index is 2.72. The third-order valence-electron chi connectivity index (χ3n) is 1.87. The van der Waals surface area contributed by atoms with Gasteiger partial charge in [0.1, 0.15) is 5.02 Å². The Hall–Kier alpha value is -1.07. The molecule has 1 amide bonds. The maximum absolute atomic E-state index is 11.5. The summed E-state index contributed by atoms with van der Waals surface area (Å²) in [7, 11) is 0. The fraction of sp³-hybridized carbons (Fsp3) is 0.444. The number of rotatable bonds is 4. The SMILES string of the molecule is CCNC(=O)CCn1ncc(Cl)c(Cl)c1=O. The minimum absolute atomic E-state index is 0.0763. The summed E-state index contributed by atoms with van der Waals surface area (Å²) in [5.41, 5.74) is -0.488. The fourth-order valence-corrected chi connectivity index (χ4v) is 1.37. The smallest absolute Gasteiger partial charge is 0.287 e. The molecule has 0 fully saturated rings. The molecule has 1 rings (SSSR count). The molecule has 0 aromatic carbocycles. The number of carbonyl (C=O) groups excluding carboxylic acids is 1. The van der Waals surface area contributed by atoms with E-state index < -0.39 is 5.56 Å². The van der Waals surface area contributed by atoms with Crippen LogP contribution >= 0.6 is 23.2 Å². The topological polar surface area (TPSA) is 64.0 Å². The van der Waals surface area contributed by atoms with E-state index in [-0.39, 0.29) is 28.9 Å². The van der Waals surface area contributed by atoms with Crippen LogP contribution in [-0.4, -0.2) is 22.2 Å². The number of nitrogens with zero attached hydrogens (tertiary/aromatic N) is 2. The molecule has 0 saturated heterocycles. The number of hydrogen-bond acceptors (Lipinski definition) is 3. The summed E-state index contributed by atoms with van der Waals surface area (Å²) in [6.45, 7) is 2.56. The van der Waals surface area contributed by atoms with E-state index in [4.69, 9.17) is 23.2 Å². The van der Waals surface area contributed by atoms with Gasteiger partial charge in [0.2, 0.25) is 5.91 Å². The molecule has 1 heterocycles. The molecule has 5 nitrogen and oxygen atoms in total. The van der Waals surface area contributed by atoms with Crippen molar-refractivity contribution in [3.8, 4) is 0 Å². The first-order chi connectivity index (χ1) is 7.56. The van der Waals surface area contributed by atoms with Crippen LogP contribution in [-0.2, 0) is 11.3 Å². The predicted octanol–water partition coefficient (Wildman–Crippen LogP) is 1.08. The van der Waals surface area contributed by atoms with Gasteiger partial charge in [-0.1, -0.05) is 23.2 Å². The second-order valence-corrected chi connectivity index (χ2v) is 3.82. The second-order valence-electron chi connectivity index (χ2n) is 3.04. The van der Waals surface area contributed by atoms with Gasteiger partial charge in [-0.15, -0.1) is 0 Å². The molecule has 1 N–H and O–H groups in total. The lowest BCUT2D eigenvalue weighted by molar-refractivity contribution is -0.121. The lowest BCUT2D eigenvalue weighted by Crippen LogP contribution is -2.28. The third-order valence-corrected chi connectivity index (χ3v) is 2.62. The molecule has 1 aromatic heterocycles. The van der Waals surface area contributed by atoms with E-state index in [1.165, 1.54) is 6.20 Å². The number of halogens is 2. The van der Waals surface area contributed by atoms with E-state index in [0.717, 1.165) is 4.68 Å². The standard InChI is InChI=1S/C9H11Cl2N3O2/c1-2-12-7(15)3-4-14-9(16)8(11)6(10)5-13-14/h5H,2-4H2,1H3,(H,12,15). The van der Waals surface area contributed by atoms with Crippen LogP contribution in [0, 0.1) is 0 Å². The van der Waals surface area contributed by atoms with Crippen molar-refractivity contribution in [3.05, 3.63) is 26.6 Å². The Morgan fingerprint density at radius 2 is 2.25 bits per heavy atom. The lowest BCUT2D eigenvalue weighted by Gasteiger charge is -2.05. The molecular weight excluding hydrogens is 253 g/mol. The van der Waals surface area contributed by atoms with E-state index in [2.05, 4.69) is 10.4 Å². The maximum Gasteiger partial charge on any atom is 0.287 e. The monoisotopic (exact) mass is 263 g/mol. The third kappa shape index (κ3) is 3.21. The van der Waals surface area contributed by atoms with Crippen LogP contribution < -0.4 is 10.9 Å². The van der Waals surface area contributed by atoms with Gasteiger partial charge in [-0.05, 0) is 6.92 Å². The molecule has 88 valence electrons. The normalized spacial score (nSPS) is 10.2. The number of amides is 1. The second kappa shape index (κ2) is 5.86. The predicted molar refractivity (Wildman–Crippen MR) is 61.8 cm³/mol. The number of nitrogens with one attached hydrogen (secondary N) is 1. The van der Waals surface area contributed by atoms with Crippen molar-refractivity contribution in [2.24, 2.45) is 0 Å². The van der Waals surface area contributed by atoms with Crippen LogP contribution in [0.25, 0.3) is 0 Å². The van der Waals surface area contributed by atoms with Crippen LogP contribution in [0.5, 0.6) is 0 Å². The van der Waals surface area contributed by atoms with Gasteiger partial charge < -0.3 is 5.32 Å². The molecule has 1 aromatic rings. The van der Waals surface area contributed by atoms with Crippen molar-refractivity contribution >= 4 is 29.1 Å². The van der Waals surface area contributed by atoms with Crippen LogP contribution in [0.4, 0.5) is 0 Å². The van der Waals surface area contributed by atoms with Crippen molar-refractivity contribution in [1.82, 2.24) is 15.1 Å². The van der Waals surface area contributed by atoms with E-state index in [9.17, 15) is 9.59 Å². The summed E-state index contributed by atoms with van der Waals surface area (Å²) in [4.78, 5) is 22.7. The quantitative estimate of drug-likeness (QED) is 0.884. The molecule has 0 atom stereocenters. The Bertz CT molecular complexity index is 445. The van der Waals surface area contributed by atoms with Crippen LogP contribution in [0.2, 0.25) is 10.0 Å². The molecule has 16 heavy (non-hydrogen) atoms. The van der Waals surface area contributed by atoms with Gasteiger partial charge in [0.05, 0.1) is 17.8 Å². The number of aryl methyl sites for hydroxylation is 1. The maximum atomic E-state index is 11.5. The van der Waals surface area contributed by atoms with E-state index in [1.807, 2.05) is 6.92 Å². The van der Waals surface area contributed by atoms with Crippen molar-refractivity contribution in [3.63, 3.8) is 0 Å². The zero-order valence-corrected chi connectivity index (χ0v) is 10.2. The summed E-state index contributed by atoms with van der Waals surface area (Å²) >= 11 is 11.3. The van der Waals surface area contributed by atoms with Gasteiger partial charge in [0, 0.05) is 13.0 Å². The molecule has 7 heteroatoms. The van der Waals surface area contributed by atoms with Crippen LogP contribution in [0.15, 0.2) is 11.0 Å². The van der Waals surface area contributed by atoms with Crippen molar-refractivity contribution in [2.75, 3.05) is 6.54 Å². The van der Waals surface area contributed by atoms with E-state index in [1.54, 1.807) is 0 Å². The summed E-state index contributed by atoms with van der Waals surface area (Å²) in [5.74, 6) is -0.137. The molecule has 0 saturated carbocycles. The highest BCUT2D eigenvalue weighted by Gasteiger charge is 2.08. The first-order valence-corrected chi connectivity index (χ1v) is 5.49. The van der Waals surface area contributed by atoms with E-state index >= 15 is 0 Å².